The summed E-state index contributed by atoms with van der Waals surface area (Å²) in [6.07, 6.45) is 0.179. The zero-order valence-electron chi connectivity index (χ0n) is 12.1. The first-order valence-electron chi connectivity index (χ1n) is 6.86. The molecule has 1 aliphatic rings. The molecule has 1 amide bonds. The molecule has 1 fully saturated rings. The second kappa shape index (κ2) is 6.22. The van der Waals surface area contributed by atoms with Crippen LogP contribution in [0.3, 0.4) is 0 Å². The maximum Gasteiger partial charge on any atom is 0.229 e. The van der Waals surface area contributed by atoms with Crippen molar-refractivity contribution in [1.29, 1.82) is 0 Å². The van der Waals surface area contributed by atoms with Gasteiger partial charge in [-0.05, 0) is 31.0 Å². The Balaban J connectivity index is 1.99. The number of anilines is 1. The SMILES string of the molecule is Cc1cccc(N2CCN(C(=O)CC(N)=S)CC2)c1C. The Morgan fingerprint density at radius 3 is 2.50 bits per heavy atom. The number of aryl methyl sites for hydroxylation is 1. The van der Waals surface area contributed by atoms with E-state index in [-0.39, 0.29) is 17.3 Å². The maximum atomic E-state index is 11.9. The van der Waals surface area contributed by atoms with Crippen molar-refractivity contribution in [2.24, 2.45) is 5.73 Å². The van der Waals surface area contributed by atoms with E-state index in [1.54, 1.807) is 0 Å². The smallest absolute Gasteiger partial charge is 0.229 e. The van der Waals surface area contributed by atoms with Crippen molar-refractivity contribution in [3.63, 3.8) is 0 Å². The molecule has 1 aliphatic heterocycles. The van der Waals surface area contributed by atoms with E-state index in [0.717, 1.165) is 26.2 Å². The maximum absolute atomic E-state index is 11.9. The zero-order valence-corrected chi connectivity index (χ0v) is 12.9. The third-order valence-corrected chi connectivity index (χ3v) is 4.02. The monoisotopic (exact) mass is 291 g/mol. The van der Waals surface area contributed by atoms with Gasteiger partial charge in [0, 0.05) is 31.9 Å². The van der Waals surface area contributed by atoms with Crippen LogP contribution in [0.25, 0.3) is 0 Å². The first kappa shape index (κ1) is 14.8. The fourth-order valence-corrected chi connectivity index (χ4v) is 2.66. The Morgan fingerprint density at radius 1 is 1.25 bits per heavy atom. The van der Waals surface area contributed by atoms with Gasteiger partial charge in [-0.25, -0.2) is 0 Å². The highest BCUT2D eigenvalue weighted by Crippen LogP contribution is 2.23. The minimum Gasteiger partial charge on any atom is -0.393 e. The predicted octanol–water partition coefficient (Wildman–Crippen LogP) is 1.63. The number of benzene rings is 1. The Hall–Kier alpha value is -1.62. The molecule has 20 heavy (non-hydrogen) atoms. The quantitative estimate of drug-likeness (QED) is 0.860. The molecule has 0 unspecified atom stereocenters. The van der Waals surface area contributed by atoms with Gasteiger partial charge in [-0.3, -0.25) is 4.79 Å². The fraction of sp³-hybridized carbons (Fsp3) is 0.467. The second-order valence-corrected chi connectivity index (χ2v) is 5.75. The van der Waals surface area contributed by atoms with Gasteiger partial charge in [-0.15, -0.1) is 0 Å². The second-order valence-electron chi connectivity index (χ2n) is 5.23. The minimum atomic E-state index is 0.0399. The Kier molecular flexibility index (Phi) is 4.60. The number of piperazine rings is 1. The molecule has 0 spiro atoms. The molecule has 4 nitrogen and oxygen atoms in total. The van der Waals surface area contributed by atoms with Crippen LogP contribution in [0.4, 0.5) is 5.69 Å². The van der Waals surface area contributed by atoms with Crippen LogP contribution in [-0.4, -0.2) is 42.0 Å². The van der Waals surface area contributed by atoms with Crippen molar-refractivity contribution in [2.75, 3.05) is 31.1 Å². The number of carbonyl (C=O) groups is 1. The van der Waals surface area contributed by atoms with Gasteiger partial charge in [0.2, 0.25) is 5.91 Å². The van der Waals surface area contributed by atoms with Gasteiger partial charge in [0.1, 0.15) is 0 Å². The van der Waals surface area contributed by atoms with Crippen LogP contribution in [0.2, 0.25) is 0 Å². The van der Waals surface area contributed by atoms with Crippen LogP contribution in [0.15, 0.2) is 18.2 Å². The molecule has 5 heteroatoms. The van der Waals surface area contributed by atoms with E-state index in [1.165, 1.54) is 16.8 Å². The number of carbonyl (C=O) groups excluding carboxylic acids is 1. The van der Waals surface area contributed by atoms with Crippen LogP contribution in [0.1, 0.15) is 17.5 Å². The standard InChI is InChI=1S/C15H21N3OS/c1-11-4-3-5-13(12(11)2)17-6-8-18(9-7-17)15(19)10-14(16)20/h3-5H,6-10H2,1-2H3,(H2,16,20). The van der Waals surface area contributed by atoms with Crippen molar-refractivity contribution in [3.05, 3.63) is 29.3 Å². The number of amides is 1. The van der Waals surface area contributed by atoms with Gasteiger partial charge in [-0.1, -0.05) is 24.4 Å². The van der Waals surface area contributed by atoms with Crippen LogP contribution in [0.5, 0.6) is 0 Å². The lowest BCUT2D eigenvalue weighted by Crippen LogP contribution is -2.49. The summed E-state index contributed by atoms with van der Waals surface area (Å²) in [6, 6.07) is 6.36. The normalized spacial score (nSPS) is 15.3. The van der Waals surface area contributed by atoms with E-state index < -0.39 is 0 Å². The summed E-state index contributed by atoms with van der Waals surface area (Å²) in [4.78, 5) is 16.4. The van der Waals surface area contributed by atoms with Crippen LogP contribution >= 0.6 is 12.2 Å². The molecule has 2 N–H and O–H groups in total. The Labute approximate surface area is 125 Å². The topological polar surface area (TPSA) is 49.6 Å². The van der Waals surface area contributed by atoms with Gasteiger partial charge in [-0.2, -0.15) is 0 Å². The van der Waals surface area contributed by atoms with Crippen LogP contribution in [0, 0.1) is 13.8 Å². The molecule has 0 aliphatic carbocycles. The van der Waals surface area contributed by atoms with E-state index in [2.05, 4.69) is 36.9 Å². The largest absolute Gasteiger partial charge is 0.393 e. The summed E-state index contributed by atoms with van der Waals surface area (Å²) >= 11 is 4.79. The van der Waals surface area contributed by atoms with Crippen LogP contribution in [-0.2, 0) is 4.79 Å². The minimum absolute atomic E-state index is 0.0399. The van der Waals surface area contributed by atoms with E-state index in [1.807, 2.05) is 4.90 Å². The van der Waals surface area contributed by atoms with Crippen molar-refractivity contribution >= 4 is 28.8 Å². The lowest BCUT2D eigenvalue weighted by molar-refractivity contribution is -0.130. The molecule has 1 heterocycles. The Bertz CT molecular complexity index is 522. The van der Waals surface area contributed by atoms with E-state index in [0.29, 0.717) is 0 Å². The summed E-state index contributed by atoms with van der Waals surface area (Å²) in [5.74, 6) is 0.0399. The molecular formula is C15H21N3OS. The number of thiocarbonyl (C=S) groups is 1. The summed E-state index contributed by atoms with van der Waals surface area (Å²) in [5, 5.41) is 0. The van der Waals surface area contributed by atoms with E-state index >= 15 is 0 Å². The molecule has 0 radical (unpaired) electrons. The lowest BCUT2D eigenvalue weighted by atomic mass is 10.1. The average molecular weight is 291 g/mol. The van der Waals surface area contributed by atoms with Crippen molar-refractivity contribution in [2.45, 2.75) is 20.3 Å². The number of hydrogen-bond acceptors (Lipinski definition) is 3. The molecule has 0 bridgehead atoms. The van der Waals surface area contributed by atoms with Crippen LogP contribution < -0.4 is 10.6 Å². The molecule has 0 atom stereocenters. The molecule has 1 saturated heterocycles. The molecular weight excluding hydrogens is 270 g/mol. The first-order valence-corrected chi connectivity index (χ1v) is 7.27. The summed E-state index contributed by atoms with van der Waals surface area (Å²) in [7, 11) is 0. The van der Waals surface area contributed by atoms with Crippen molar-refractivity contribution < 1.29 is 4.79 Å². The molecule has 1 aromatic carbocycles. The molecule has 0 saturated carbocycles. The first-order chi connectivity index (χ1) is 9.49. The Morgan fingerprint density at radius 2 is 1.90 bits per heavy atom. The van der Waals surface area contributed by atoms with Gasteiger partial charge in [0.05, 0.1) is 11.4 Å². The summed E-state index contributed by atoms with van der Waals surface area (Å²) in [5.41, 5.74) is 9.31. The summed E-state index contributed by atoms with van der Waals surface area (Å²) in [6.45, 7) is 7.44. The predicted molar refractivity (Wildman–Crippen MR) is 86.1 cm³/mol. The van der Waals surface area contributed by atoms with Crippen molar-refractivity contribution in [3.8, 4) is 0 Å². The third kappa shape index (κ3) is 3.28. The molecule has 0 aromatic heterocycles. The number of nitrogens with zero attached hydrogens (tertiary/aromatic N) is 2. The summed E-state index contributed by atoms with van der Waals surface area (Å²) < 4.78 is 0. The average Bonchev–Trinajstić information content (AvgIpc) is 2.41. The number of rotatable bonds is 3. The fourth-order valence-electron chi connectivity index (χ4n) is 2.54. The van der Waals surface area contributed by atoms with E-state index in [9.17, 15) is 4.79 Å². The molecule has 1 aromatic rings. The number of nitrogens with two attached hydrogens (primary N) is 1. The molecule has 2 rings (SSSR count). The van der Waals surface area contributed by atoms with Gasteiger partial charge < -0.3 is 15.5 Å². The zero-order chi connectivity index (χ0) is 14.7. The van der Waals surface area contributed by atoms with Gasteiger partial charge in [0.25, 0.3) is 0 Å². The van der Waals surface area contributed by atoms with E-state index in [4.69, 9.17) is 18.0 Å². The number of hydrogen-bond donors (Lipinski definition) is 1. The third-order valence-electron chi connectivity index (χ3n) is 3.87. The lowest BCUT2D eigenvalue weighted by Gasteiger charge is -2.37. The van der Waals surface area contributed by atoms with Gasteiger partial charge in [0.15, 0.2) is 0 Å². The highest BCUT2D eigenvalue weighted by Gasteiger charge is 2.22. The van der Waals surface area contributed by atoms with Crippen molar-refractivity contribution in [1.82, 2.24) is 4.90 Å². The molecule has 108 valence electrons. The highest BCUT2D eigenvalue weighted by atomic mass is 32.1. The highest BCUT2D eigenvalue weighted by molar-refractivity contribution is 7.80. The van der Waals surface area contributed by atoms with Gasteiger partial charge >= 0.3 is 0 Å².